The highest BCUT2D eigenvalue weighted by molar-refractivity contribution is 8.14. The first-order valence-electron chi connectivity index (χ1n) is 3.97. The zero-order valence-electron chi connectivity index (χ0n) is 8.18. The fraction of sp³-hybridized carbons (Fsp3) is 0.600. The molecule has 0 saturated carbocycles. The average Bonchev–Trinajstić information content (AvgIpc) is 2.62. The van der Waals surface area contributed by atoms with Crippen molar-refractivity contribution in [3.63, 3.8) is 0 Å². The first-order valence-corrected chi connectivity index (χ1v) is 8.92. The van der Waals surface area contributed by atoms with Crippen LogP contribution in [0.2, 0.25) is 0 Å². The number of alkyl halides is 3. The van der Waals surface area contributed by atoms with Gasteiger partial charge in [0.25, 0.3) is 0 Å². The standard InChI is InChI=1S/C5H4ClF3N2O4S3/c6-18(14,15)2-1-17(12,13)4-11-10-3(16-4)5(7,8)9/h1-2H2. The Hall–Kier alpha value is -0.460. The Morgan fingerprint density at radius 2 is 1.67 bits per heavy atom. The monoisotopic (exact) mass is 344 g/mol. The first-order chi connectivity index (χ1) is 7.92. The molecule has 6 nitrogen and oxygen atoms in total. The van der Waals surface area contributed by atoms with E-state index in [1.807, 2.05) is 0 Å². The van der Waals surface area contributed by atoms with Crippen molar-refractivity contribution < 1.29 is 30.0 Å². The molecule has 0 bridgehead atoms. The van der Waals surface area contributed by atoms with E-state index in [1.54, 1.807) is 0 Å². The molecule has 0 aliphatic rings. The number of rotatable bonds is 4. The predicted octanol–water partition coefficient (Wildman–Crippen LogP) is 0.899. The van der Waals surface area contributed by atoms with Crippen LogP contribution in [0, 0.1) is 0 Å². The van der Waals surface area contributed by atoms with E-state index in [-0.39, 0.29) is 11.3 Å². The molecule has 0 aliphatic carbocycles. The summed E-state index contributed by atoms with van der Waals surface area (Å²) >= 11 is -0.176. The summed E-state index contributed by atoms with van der Waals surface area (Å²) in [5, 5.41) is 4.14. The Balaban J connectivity index is 2.97. The second-order valence-corrected chi connectivity index (χ2v) is 9.09. The lowest BCUT2D eigenvalue weighted by molar-refractivity contribution is -0.138. The van der Waals surface area contributed by atoms with E-state index in [0.717, 1.165) is 0 Å². The van der Waals surface area contributed by atoms with E-state index in [2.05, 4.69) is 10.2 Å². The number of nitrogens with zero attached hydrogens (tertiary/aromatic N) is 2. The van der Waals surface area contributed by atoms with Crippen molar-refractivity contribution in [3.05, 3.63) is 5.01 Å². The van der Waals surface area contributed by atoms with Crippen molar-refractivity contribution >= 4 is 40.9 Å². The molecule has 0 aliphatic heterocycles. The van der Waals surface area contributed by atoms with Crippen LogP contribution in [0.4, 0.5) is 13.2 Å². The summed E-state index contributed by atoms with van der Waals surface area (Å²) in [6, 6.07) is 0. The highest BCUT2D eigenvalue weighted by Gasteiger charge is 2.37. The van der Waals surface area contributed by atoms with Crippen molar-refractivity contribution in [3.8, 4) is 0 Å². The smallest absolute Gasteiger partial charge is 0.221 e. The van der Waals surface area contributed by atoms with Crippen LogP contribution in [-0.4, -0.2) is 38.5 Å². The van der Waals surface area contributed by atoms with Crippen molar-refractivity contribution in [2.24, 2.45) is 0 Å². The number of sulfone groups is 1. The Morgan fingerprint density at radius 3 is 2.06 bits per heavy atom. The molecule has 0 fully saturated rings. The zero-order chi connectivity index (χ0) is 14.2. The van der Waals surface area contributed by atoms with Gasteiger partial charge >= 0.3 is 6.18 Å². The van der Waals surface area contributed by atoms with Gasteiger partial charge in [0.05, 0.1) is 11.5 Å². The summed E-state index contributed by atoms with van der Waals surface area (Å²) in [4.78, 5) is 0. The van der Waals surface area contributed by atoms with E-state index >= 15 is 0 Å². The fourth-order valence-corrected chi connectivity index (χ4v) is 4.77. The fourth-order valence-electron chi connectivity index (χ4n) is 0.747. The predicted molar refractivity (Wildman–Crippen MR) is 56.6 cm³/mol. The van der Waals surface area contributed by atoms with Crippen LogP contribution >= 0.6 is 22.0 Å². The summed E-state index contributed by atoms with van der Waals surface area (Å²) < 4.78 is 79.6. The minimum Gasteiger partial charge on any atom is -0.221 e. The summed E-state index contributed by atoms with van der Waals surface area (Å²) in [5.74, 6) is -1.87. The first kappa shape index (κ1) is 15.6. The van der Waals surface area contributed by atoms with Crippen molar-refractivity contribution in [1.29, 1.82) is 0 Å². The molecule has 1 aromatic rings. The molecule has 104 valence electrons. The summed E-state index contributed by atoms with van der Waals surface area (Å²) in [6.45, 7) is 0. The van der Waals surface area contributed by atoms with E-state index in [0.29, 0.717) is 0 Å². The van der Waals surface area contributed by atoms with Crippen LogP contribution in [0.3, 0.4) is 0 Å². The van der Waals surface area contributed by atoms with Crippen molar-refractivity contribution in [1.82, 2.24) is 10.2 Å². The number of halogens is 4. The Labute approximate surface area is 108 Å². The van der Waals surface area contributed by atoms with Gasteiger partial charge in [0.1, 0.15) is 0 Å². The molecule has 0 saturated heterocycles. The van der Waals surface area contributed by atoms with Crippen LogP contribution in [0.15, 0.2) is 4.34 Å². The molecular weight excluding hydrogens is 341 g/mol. The molecule has 13 heteroatoms. The number of hydrogen-bond donors (Lipinski definition) is 0. The van der Waals surface area contributed by atoms with Crippen molar-refractivity contribution in [2.75, 3.05) is 11.5 Å². The van der Waals surface area contributed by atoms with Gasteiger partial charge in [-0.1, -0.05) is 11.3 Å². The Kier molecular flexibility index (Phi) is 4.25. The Morgan fingerprint density at radius 1 is 1.11 bits per heavy atom. The van der Waals surface area contributed by atoms with E-state index in [9.17, 15) is 30.0 Å². The zero-order valence-corrected chi connectivity index (χ0v) is 11.4. The van der Waals surface area contributed by atoms with Gasteiger partial charge in [-0.15, -0.1) is 10.2 Å². The molecule has 0 aromatic carbocycles. The summed E-state index contributed by atoms with van der Waals surface area (Å²) in [7, 11) is -3.51. The summed E-state index contributed by atoms with van der Waals surface area (Å²) in [5.41, 5.74) is 0. The molecule has 0 radical (unpaired) electrons. The van der Waals surface area contributed by atoms with Gasteiger partial charge in [0, 0.05) is 10.7 Å². The maximum Gasteiger partial charge on any atom is 0.445 e. The van der Waals surface area contributed by atoms with Gasteiger partial charge in [-0.05, 0) is 0 Å². The van der Waals surface area contributed by atoms with Crippen LogP contribution in [-0.2, 0) is 25.1 Å². The quantitative estimate of drug-likeness (QED) is 0.753. The minimum absolute atomic E-state index is 0.176. The second-order valence-electron chi connectivity index (χ2n) is 2.93. The maximum atomic E-state index is 12.2. The van der Waals surface area contributed by atoms with Crippen LogP contribution in [0.1, 0.15) is 5.01 Å². The van der Waals surface area contributed by atoms with E-state index in [4.69, 9.17) is 10.7 Å². The molecule has 1 rings (SSSR count). The molecule has 0 N–H and O–H groups in total. The lowest BCUT2D eigenvalue weighted by Gasteiger charge is -1.98. The van der Waals surface area contributed by atoms with Gasteiger partial charge in [0.15, 0.2) is 0 Å². The van der Waals surface area contributed by atoms with Crippen LogP contribution < -0.4 is 0 Å². The molecule has 0 unspecified atom stereocenters. The maximum absolute atomic E-state index is 12.2. The molecular formula is C5H4ClF3N2O4S3. The van der Waals surface area contributed by atoms with Crippen LogP contribution in [0.5, 0.6) is 0 Å². The number of hydrogen-bond acceptors (Lipinski definition) is 7. The van der Waals surface area contributed by atoms with Gasteiger partial charge in [-0.25, -0.2) is 16.8 Å². The number of aromatic nitrogens is 2. The van der Waals surface area contributed by atoms with Gasteiger partial charge < -0.3 is 0 Å². The average molecular weight is 345 g/mol. The minimum atomic E-state index is -4.80. The third-order valence-electron chi connectivity index (χ3n) is 1.51. The SMILES string of the molecule is O=S(=O)(Cl)CCS(=O)(=O)c1nnc(C(F)(F)F)s1. The highest BCUT2D eigenvalue weighted by Crippen LogP contribution is 2.32. The molecule has 0 spiro atoms. The normalized spacial score (nSPS) is 13.8. The lowest BCUT2D eigenvalue weighted by Crippen LogP contribution is -2.14. The van der Waals surface area contributed by atoms with Gasteiger partial charge in [0.2, 0.25) is 28.2 Å². The third kappa shape index (κ3) is 4.33. The van der Waals surface area contributed by atoms with Crippen LogP contribution in [0.25, 0.3) is 0 Å². The summed E-state index contributed by atoms with van der Waals surface area (Å²) in [6.07, 6.45) is -4.80. The lowest BCUT2D eigenvalue weighted by atomic mass is 10.7. The molecule has 1 aromatic heterocycles. The molecule has 1 heterocycles. The van der Waals surface area contributed by atoms with Crippen molar-refractivity contribution in [2.45, 2.75) is 10.5 Å². The van der Waals surface area contributed by atoms with Gasteiger partial charge in [-0.2, -0.15) is 13.2 Å². The molecule has 0 atom stereocenters. The van der Waals surface area contributed by atoms with E-state index in [1.165, 1.54) is 0 Å². The largest absolute Gasteiger partial charge is 0.445 e. The molecule has 18 heavy (non-hydrogen) atoms. The molecule has 0 amide bonds. The Bertz CT molecular complexity index is 635. The van der Waals surface area contributed by atoms with E-state index < -0.39 is 45.9 Å². The second kappa shape index (κ2) is 4.90. The van der Waals surface area contributed by atoms with Gasteiger partial charge in [-0.3, -0.25) is 0 Å². The third-order valence-corrected chi connectivity index (χ3v) is 6.05. The highest BCUT2D eigenvalue weighted by atomic mass is 35.7. The topological polar surface area (TPSA) is 94.1 Å².